The van der Waals surface area contributed by atoms with Gasteiger partial charge < -0.3 is 14.5 Å². The maximum Gasteiger partial charge on any atom is 0.260 e. The number of nitrogens with zero attached hydrogens (tertiary/aromatic N) is 2. The molecule has 2 aromatic rings. The number of carbonyl (C=O) groups excluding carboxylic acids is 2. The SMILES string of the molecule is Cc1cccc(C)c1OCC(=O)N1CCN(C(=O)CCCc2ccccc2)CC1. The fraction of sp³-hybridized carbons (Fsp3) is 0.417. The minimum Gasteiger partial charge on any atom is -0.483 e. The first-order valence-electron chi connectivity index (χ1n) is 10.3. The van der Waals surface area contributed by atoms with Gasteiger partial charge in [-0.2, -0.15) is 0 Å². The van der Waals surface area contributed by atoms with E-state index in [-0.39, 0.29) is 18.4 Å². The summed E-state index contributed by atoms with van der Waals surface area (Å²) < 4.78 is 5.78. The third-order valence-electron chi connectivity index (χ3n) is 5.43. The van der Waals surface area contributed by atoms with Gasteiger partial charge in [0.25, 0.3) is 5.91 Å². The predicted molar refractivity (Wildman–Crippen MR) is 114 cm³/mol. The second kappa shape index (κ2) is 10.1. The van der Waals surface area contributed by atoms with Crippen LogP contribution in [0.2, 0.25) is 0 Å². The number of aryl methyl sites for hydroxylation is 3. The van der Waals surface area contributed by atoms with Gasteiger partial charge in [0.05, 0.1) is 0 Å². The number of hydrogen-bond donors (Lipinski definition) is 0. The molecule has 0 aromatic heterocycles. The van der Waals surface area contributed by atoms with E-state index in [2.05, 4.69) is 12.1 Å². The standard InChI is InChI=1S/C24H30N2O3/c1-19-8-6-9-20(2)24(19)29-18-23(28)26-16-14-25(15-17-26)22(27)13-7-12-21-10-4-3-5-11-21/h3-6,8-11H,7,12-18H2,1-2H3. The van der Waals surface area contributed by atoms with E-state index in [1.54, 1.807) is 4.90 Å². The molecule has 1 aliphatic heterocycles. The van der Waals surface area contributed by atoms with Crippen LogP contribution in [0.3, 0.4) is 0 Å². The van der Waals surface area contributed by atoms with Crippen molar-refractivity contribution in [1.82, 2.24) is 9.80 Å². The smallest absolute Gasteiger partial charge is 0.260 e. The summed E-state index contributed by atoms with van der Waals surface area (Å²) in [6, 6.07) is 16.2. The Kier molecular flexibility index (Phi) is 7.28. The predicted octanol–water partition coefficient (Wildman–Crippen LogP) is 3.38. The zero-order valence-electron chi connectivity index (χ0n) is 17.4. The van der Waals surface area contributed by atoms with Crippen molar-refractivity contribution in [2.45, 2.75) is 33.1 Å². The largest absolute Gasteiger partial charge is 0.483 e. The topological polar surface area (TPSA) is 49.9 Å². The molecular weight excluding hydrogens is 364 g/mol. The van der Waals surface area contributed by atoms with Gasteiger partial charge in [-0.05, 0) is 43.4 Å². The van der Waals surface area contributed by atoms with Crippen LogP contribution in [0.5, 0.6) is 5.75 Å². The molecule has 0 spiro atoms. The molecule has 0 N–H and O–H groups in total. The summed E-state index contributed by atoms with van der Waals surface area (Å²) in [6.07, 6.45) is 2.32. The Morgan fingerprint density at radius 3 is 2.03 bits per heavy atom. The molecule has 1 aliphatic rings. The minimum atomic E-state index is -0.0242. The molecule has 3 rings (SSSR count). The van der Waals surface area contributed by atoms with Gasteiger partial charge in [0, 0.05) is 32.6 Å². The molecule has 29 heavy (non-hydrogen) atoms. The second-order valence-corrected chi connectivity index (χ2v) is 7.61. The van der Waals surface area contributed by atoms with Crippen LogP contribution in [0.25, 0.3) is 0 Å². The third-order valence-corrected chi connectivity index (χ3v) is 5.43. The van der Waals surface area contributed by atoms with Crippen molar-refractivity contribution < 1.29 is 14.3 Å². The second-order valence-electron chi connectivity index (χ2n) is 7.61. The van der Waals surface area contributed by atoms with Crippen LogP contribution in [0.15, 0.2) is 48.5 Å². The Balaban J connectivity index is 1.39. The van der Waals surface area contributed by atoms with Crippen molar-refractivity contribution in [2.75, 3.05) is 32.8 Å². The maximum atomic E-state index is 12.5. The zero-order valence-corrected chi connectivity index (χ0v) is 17.4. The van der Waals surface area contributed by atoms with Gasteiger partial charge >= 0.3 is 0 Å². The summed E-state index contributed by atoms with van der Waals surface area (Å²) in [6.45, 7) is 6.33. The summed E-state index contributed by atoms with van der Waals surface area (Å²) in [5.41, 5.74) is 3.33. The summed E-state index contributed by atoms with van der Waals surface area (Å²) in [4.78, 5) is 28.6. The van der Waals surface area contributed by atoms with Crippen molar-refractivity contribution in [1.29, 1.82) is 0 Å². The van der Waals surface area contributed by atoms with Crippen LogP contribution < -0.4 is 4.74 Å². The number of benzene rings is 2. The Bertz CT molecular complexity index is 807. The number of hydrogen-bond acceptors (Lipinski definition) is 3. The molecule has 1 heterocycles. The Labute approximate surface area is 173 Å². The van der Waals surface area contributed by atoms with Crippen LogP contribution >= 0.6 is 0 Å². The van der Waals surface area contributed by atoms with Gasteiger partial charge in [-0.15, -0.1) is 0 Å². The third kappa shape index (κ3) is 5.83. The van der Waals surface area contributed by atoms with Crippen LogP contribution in [-0.4, -0.2) is 54.4 Å². The normalized spacial score (nSPS) is 14.0. The molecule has 1 fully saturated rings. The number of rotatable bonds is 7. The van der Waals surface area contributed by atoms with Crippen molar-refractivity contribution in [3.63, 3.8) is 0 Å². The van der Waals surface area contributed by atoms with Gasteiger partial charge in [0.2, 0.25) is 5.91 Å². The van der Waals surface area contributed by atoms with Crippen LogP contribution in [0, 0.1) is 13.8 Å². The molecule has 2 amide bonds. The minimum absolute atomic E-state index is 0.0242. The lowest BCUT2D eigenvalue weighted by atomic mass is 10.1. The Hall–Kier alpha value is -2.82. The van der Waals surface area contributed by atoms with Crippen molar-refractivity contribution in [3.05, 3.63) is 65.2 Å². The molecule has 1 saturated heterocycles. The molecule has 0 aliphatic carbocycles. The van der Waals surface area contributed by atoms with Crippen molar-refractivity contribution >= 4 is 11.8 Å². The van der Waals surface area contributed by atoms with Gasteiger partial charge in [-0.1, -0.05) is 48.5 Å². The number of carbonyl (C=O) groups is 2. The Morgan fingerprint density at radius 1 is 0.828 bits per heavy atom. The van der Waals surface area contributed by atoms with Crippen LogP contribution in [0.1, 0.15) is 29.5 Å². The summed E-state index contributed by atoms with van der Waals surface area (Å²) in [5.74, 6) is 0.941. The summed E-state index contributed by atoms with van der Waals surface area (Å²) >= 11 is 0. The molecule has 0 radical (unpaired) electrons. The van der Waals surface area contributed by atoms with Gasteiger partial charge in [-0.3, -0.25) is 9.59 Å². The fourth-order valence-electron chi connectivity index (χ4n) is 3.70. The Morgan fingerprint density at radius 2 is 1.41 bits per heavy atom. The van der Waals surface area contributed by atoms with Gasteiger partial charge in [-0.25, -0.2) is 0 Å². The average Bonchev–Trinajstić information content (AvgIpc) is 2.74. The highest BCUT2D eigenvalue weighted by Gasteiger charge is 2.24. The fourth-order valence-corrected chi connectivity index (χ4v) is 3.70. The van der Waals surface area contributed by atoms with Gasteiger partial charge in [0.15, 0.2) is 6.61 Å². The molecule has 5 heteroatoms. The highest BCUT2D eigenvalue weighted by molar-refractivity contribution is 5.79. The lowest BCUT2D eigenvalue weighted by Gasteiger charge is -2.34. The van der Waals surface area contributed by atoms with Crippen LogP contribution in [0.4, 0.5) is 0 Å². The molecule has 0 unspecified atom stereocenters. The number of amides is 2. The summed E-state index contributed by atoms with van der Waals surface area (Å²) in [5, 5.41) is 0. The molecule has 0 atom stereocenters. The monoisotopic (exact) mass is 394 g/mol. The molecule has 0 saturated carbocycles. The van der Waals surface area contributed by atoms with E-state index in [0.29, 0.717) is 32.6 Å². The first-order chi connectivity index (χ1) is 14.0. The highest BCUT2D eigenvalue weighted by Crippen LogP contribution is 2.22. The number of ether oxygens (including phenoxy) is 1. The zero-order chi connectivity index (χ0) is 20.6. The quantitative estimate of drug-likeness (QED) is 0.723. The van der Waals surface area contributed by atoms with Gasteiger partial charge in [0.1, 0.15) is 5.75 Å². The first-order valence-corrected chi connectivity index (χ1v) is 10.3. The van der Waals surface area contributed by atoms with E-state index in [1.165, 1.54) is 5.56 Å². The van der Waals surface area contributed by atoms with E-state index in [0.717, 1.165) is 29.7 Å². The number of para-hydroxylation sites is 1. The summed E-state index contributed by atoms with van der Waals surface area (Å²) in [7, 11) is 0. The van der Waals surface area contributed by atoms with E-state index >= 15 is 0 Å². The molecule has 0 bridgehead atoms. The van der Waals surface area contributed by atoms with E-state index < -0.39 is 0 Å². The van der Waals surface area contributed by atoms with E-state index in [4.69, 9.17) is 4.74 Å². The van der Waals surface area contributed by atoms with Crippen LogP contribution in [-0.2, 0) is 16.0 Å². The molecular formula is C24H30N2O3. The average molecular weight is 395 g/mol. The number of piperazine rings is 1. The lowest BCUT2D eigenvalue weighted by Crippen LogP contribution is -2.51. The molecule has 2 aromatic carbocycles. The van der Waals surface area contributed by atoms with E-state index in [9.17, 15) is 9.59 Å². The first kappa shape index (κ1) is 20.9. The van der Waals surface area contributed by atoms with Crippen molar-refractivity contribution in [3.8, 4) is 5.75 Å². The maximum absolute atomic E-state index is 12.5. The van der Waals surface area contributed by atoms with E-state index in [1.807, 2.05) is 55.1 Å². The lowest BCUT2D eigenvalue weighted by molar-refractivity contribution is -0.140. The molecule has 5 nitrogen and oxygen atoms in total. The highest BCUT2D eigenvalue weighted by atomic mass is 16.5. The van der Waals surface area contributed by atoms with Crippen molar-refractivity contribution in [2.24, 2.45) is 0 Å². The molecule has 154 valence electrons.